The average Bonchev–Trinajstić information content (AvgIpc) is 2.89. The number of aromatic nitrogens is 3. The molecule has 0 fully saturated rings. The van der Waals surface area contributed by atoms with Gasteiger partial charge in [0.2, 0.25) is 11.8 Å². The summed E-state index contributed by atoms with van der Waals surface area (Å²) >= 11 is 11.9. The van der Waals surface area contributed by atoms with E-state index in [0.29, 0.717) is 27.4 Å². The fourth-order valence-corrected chi connectivity index (χ4v) is 2.09. The Hall–Kier alpha value is -1.91. The van der Waals surface area contributed by atoms with Crippen molar-refractivity contribution in [3.63, 3.8) is 0 Å². The molecule has 0 aliphatic heterocycles. The van der Waals surface area contributed by atoms with E-state index < -0.39 is 0 Å². The maximum Gasteiger partial charge on any atom is 0.249 e. The molecule has 0 atom stereocenters. The van der Waals surface area contributed by atoms with E-state index in [4.69, 9.17) is 27.6 Å². The van der Waals surface area contributed by atoms with Crippen molar-refractivity contribution in [2.75, 3.05) is 0 Å². The monoisotopic (exact) mass is 291 g/mol. The van der Waals surface area contributed by atoms with Crippen LogP contribution in [0.4, 0.5) is 0 Å². The normalized spacial score (nSPS) is 10.6. The van der Waals surface area contributed by atoms with Gasteiger partial charge in [0.05, 0.1) is 16.1 Å². The van der Waals surface area contributed by atoms with Crippen LogP contribution in [-0.2, 0) is 0 Å². The first kappa shape index (κ1) is 12.1. The van der Waals surface area contributed by atoms with Crippen LogP contribution >= 0.6 is 23.2 Å². The molecule has 0 aliphatic carbocycles. The van der Waals surface area contributed by atoms with Gasteiger partial charge < -0.3 is 4.42 Å². The molecular formula is C13H7Cl2N3O. The standard InChI is InChI=1S/C13H7Cl2N3O/c14-9-3-4-10(11(15)6-9)13-18-17-12(19-13)8-2-1-5-16-7-8/h1-7H. The van der Waals surface area contributed by atoms with Crippen LogP contribution in [0.2, 0.25) is 10.0 Å². The lowest BCUT2D eigenvalue weighted by molar-refractivity contribution is 0.584. The number of rotatable bonds is 2. The molecular weight excluding hydrogens is 285 g/mol. The minimum absolute atomic E-state index is 0.348. The Morgan fingerprint density at radius 3 is 2.58 bits per heavy atom. The fourth-order valence-electron chi connectivity index (χ4n) is 1.60. The fraction of sp³-hybridized carbons (Fsp3) is 0. The molecule has 3 rings (SSSR count). The van der Waals surface area contributed by atoms with Gasteiger partial charge in [0.15, 0.2) is 0 Å². The van der Waals surface area contributed by atoms with Crippen LogP contribution < -0.4 is 0 Å². The topological polar surface area (TPSA) is 51.8 Å². The van der Waals surface area contributed by atoms with E-state index in [0.717, 1.165) is 5.56 Å². The van der Waals surface area contributed by atoms with Crippen molar-refractivity contribution >= 4 is 23.2 Å². The van der Waals surface area contributed by atoms with Gasteiger partial charge in [-0.05, 0) is 30.3 Å². The summed E-state index contributed by atoms with van der Waals surface area (Å²) in [6.07, 6.45) is 3.33. The maximum absolute atomic E-state index is 6.09. The van der Waals surface area contributed by atoms with E-state index in [9.17, 15) is 0 Å². The predicted molar refractivity (Wildman–Crippen MR) is 73.0 cm³/mol. The second-order valence-electron chi connectivity index (χ2n) is 3.78. The van der Waals surface area contributed by atoms with Crippen molar-refractivity contribution in [2.24, 2.45) is 0 Å². The second kappa shape index (κ2) is 4.99. The molecule has 2 aromatic heterocycles. The summed E-state index contributed by atoms with van der Waals surface area (Å²) in [5.41, 5.74) is 1.40. The van der Waals surface area contributed by atoms with Gasteiger partial charge in [-0.15, -0.1) is 10.2 Å². The molecule has 0 saturated heterocycles. The first-order chi connectivity index (χ1) is 9.24. The molecule has 3 aromatic rings. The lowest BCUT2D eigenvalue weighted by Crippen LogP contribution is -1.79. The highest BCUT2D eigenvalue weighted by atomic mass is 35.5. The maximum atomic E-state index is 6.09. The summed E-state index contributed by atoms with van der Waals surface area (Å²) in [4.78, 5) is 4.00. The SMILES string of the molecule is Clc1ccc(-c2nnc(-c3cccnc3)o2)c(Cl)c1. The number of halogens is 2. The molecule has 6 heteroatoms. The highest BCUT2D eigenvalue weighted by molar-refractivity contribution is 6.36. The molecule has 2 heterocycles. The number of hydrogen-bond donors (Lipinski definition) is 0. The van der Waals surface area contributed by atoms with Crippen LogP contribution in [-0.4, -0.2) is 15.2 Å². The zero-order valence-corrected chi connectivity index (χ0v) is 11.1. The van der Waals surface area contributed by atoms with E-state index >= 15 is 0 Å². The van der Waals surface area contributed by atoms with E-state index in [-0.39, 0.29) is 0 Å². The Bertz CT molecular complexity index is 713. The van der Waals surface area contributed by atoms with Gasteiger partial charge in [-0.3, -0.25) is 4.98 Å². The highest BCUT2D eigenvalue weighted by Crippen LogP contribution is 2.30. The number of hydrogen-bond acceptors (Lipinski definition) is 4. The first-order valence-electron chi connectivity index (χ1n) is 5.43. The molecule has 0 aliphatic rings. The summed E-state index contributed by atoms with van der Waals surface area (Å²) in [5.74, 6) is 0.745. The summed E-state index contributed by atoms with van der Waals surface area (Å²) in [6.45, 7) is 0. The van der Waals surface area contributed by atoms with Crippen LogP contribution in [0.15, 0.2) is 47.1 Å². The van der Waals surface area contributed by atoms with Gasteiger partial charge in [-0.1, -0.05) is 23.2 Å². The van der Waals surface area contributed by atoms with Crippen molar-refractivity contribution in [1.82, 2.24) is 15.2 Å². The molecule has 94 valence electrons. The van der Waals surface area contributed by atoms with E-state index in [2.05, 4.69) is 15.2 Å². The zero-order chi connectivity index (χ0) is 13.2. The van der Waals surface area contributed by atoms with Crippen molar-refractivity contribution in [2.45, 2.75) is 0 Å². The minimum atomic E-state index is 0.348. The largest absolute Gasteiger partial charge is 0.416 e. The van der Waals surface area contributed by atoms with Crippen LogP contribution in [0.1, 0.15) is 0 Å². The van der Waals surface area contributed by atoms with Gasteiger partial charge in [0.1, 0.15) is 0 Å². The Balaban J connectivity index is 2.02. The number of nitrogens with zero attached hydrogens (tertiary/aromatic N) is 3. The van der Waals surface area contributed by atoms with Crippen LogP contribution in [0, 0.1) is 0 Å². The van der Waals surface area contributed by atoms with Crippen LogP contribution in [0.5, 0.6) is 0 Å². The third kappa shape index (κ3) is 2.45. The highest BCUT2D eigenvalue weighted by Gasteiger charge is 2.13. The van der Waals surface area contributed by atoms with Crippen molar-refractivity contribution in [3.05, 3.63) is 52.8 Å². The molecule has 4 nitrogen and oxygen atoms in total. The predicted octanol–water partition coefficient (Wildman–Crippen LogP) is 4.11. The van der Waals surface area contributed by atoms with E-state index in [1.807, 2.05) is 6.07 Å². The Kier molecular flexibility index (Phi) is 3.19. The van der Waals surface area contributed by atoms with E-state index in [1.54, 1.807) is 36.7 Å². The van der Waals surface area contributed by atoms with Gasteiger partial charge in [-0.2, -0.15) is 0 Å². The van der Waals surface area contributed by atoms with Crippen molar-refractivity contribution in [1.29, 1.82) is 0 Å². The van der Waals surface area contributed by atoms with Gasteiger partial charge in [-0.25, -0.2) is 0 Å². The molecule has 0 unspecified atom stereocenters. The van der Waals surface area contributed by atoms with Crippen molar-refractivity contribution in [3.8, 4) is 22.9 Å². The Labute approximate surface area is 119 Å². The molecule has 0 bridgehead atoms. The summed E-state index contributed by atoms with van der Waals surface area (Å²) in [5, 5.41) is 8.98. The second-order valence-corrected chi connectivity index (χ2v) is 4.62. The summed E-state index contributed by atoms with van der Waals surface area (Å²) in [6, 6.07) is 8.73. The Morgan fingerprint density at radius 2 is 1.84 bits per heavy atom. The number of pyridine rings is 1. The first-order valence-corrected chi connectivity index (χ1v) is 6.19. The number of benzene rings is 1. The molecule has 0 saturated carbocycles. The van der Waals surface area contributed by atoms with E-state index in [1.165, 1.54) is 0 Å². The molecule has 0 radical (unpaired) electrons. The molecule has 19 heavy (non-hydrogen) atoms. The average molecular weight is 292 g/mol. The summed E-state index contributed by atoms with van der Waals surface area (Å²) in [7, 11) is 0. The summed E-state index contributed by atoms with van der Waals surface area (Å²) < 4.78 is 5.59. The third-order valence-corrected chi connectivity index (χ3v) is 3.04. The molecule has 1 aromatic carbocycles. The van der Waals surface area contributed by atoms with Gasteiger partial charge >= 0.3 is 0 Å². The smallest absolute Gasteiger partial charge is 0.249 e. The molecule has 0 amide bonds. The van der Waals surface area contributed by atoms with Gasteiger partial charge in [0, 0.05) is 17.4 Å². The van der Waals surface area contributed by atoms with Crippen molar-refractivity contribution < 1.29 is 4.42 Å². The third-order valence-electron chi connectivity index (χ3n) is 2.50. The molecule has 0 N–H and O–H groups in total. The quantitative estimate of drug-likeness (QED) is 0.713. The minimum Gasteiger partial charge on any atom is -0.416 e. The lowest BCUT2D eigenvalue weighted by Gasteiger charge is -1.98. The Morgan fingerprint density at radius 1 is 1.00 bits per heavy atom. The van der Waals surface area contributed by atoms with Crippen LogP contribution in [0.3, 0.4) is 0 Å². The zero-order valence-electron chi connectivity index (χ0n) is 9.55. The lowest BCUT2D eigenvalue weighted by atomic mass is 10.2. The van der Waals surface area contributed by atoms with Gasteiger partial charge in [0.25, 0.3) is 0 Å². The molecule has 0 spiro atoms. The van der Waals surface area contributed by atoms with Crippen LogP contribution in [0.25, 0.3) is 22.9 Å².